The Labute approximate surface area is 173 Å². The predicted octanol–water partition coefficient (Wildman–Crippen LogP) is 5.78. The molecule has 0 aliphatic carbocycles. The Morgan fingerprint density at radius 3 is 2.69 bits per heavy atom. The fourth-order valence-electron chi connectivity index (χ4n) is 3.31. The zero-order valence-corrected chi connectivity index (χ0v) is 16.8. The van der Waals surface area contributed by atoms with Crippen LogP contribution in [0.5, 0.6) is 5.75 Å². The van der Waals surface area contributed by atoms with Crippen LogP contribution in [0.1, 0.15) is 25.7 Å². The lowest BCUT2D eigenvalue weighted by Crippen LogP contribution is -2.00. The first-order valence-corrected chi connectivity index (χ1v) is 10.6. The number of hydrogen-bond donors (Lipinski definition) is 1. The van der Waals surface area contributed by atoms with Crippen molar-refractivity contribution < 1.29 is 14.6 Å². The first-order valence-electron chi connectivity index (χ1n) is 9.67. The molecular weight excluding hydrogens is 384 g/mol. The van der Waals surface area contributed by atoms with Gasteiger partial charge in [-0.05, 0) is 55.0 Å². The molecule has 0 unspecified atom stereocenters. The van der Waals surface area contributed by atoms with E-state index in [1.807, 2.05) is 36.4 Å². The van der Waals surface area contributed by atoms with Crippen molar-refractivity contribution in [3.8, 4) is 22.8 Å². The van der Waals surface area contributed by atoms with Crippen molar-refractivity contribution in [1.82, 2.24) is 9.55 Å². The van der Waals surface area contributed by atoms with Crippen LogP contribution in [0.4, 0.5) is 0 Å². The molecule has 1 N–H and O–H groups in total. The Balaban J connectivity index is 1.59. The van der Waals surface area contributed by atoms with E-state index in [0.717, 1.165) is 46.7 Å². The summed E-state index contributed by atoms with van der Waals surface area (Å²) in [5.74, 6) is 0.968. The van der Waals surface area contributed by atoms with E-state index in [-0.39, 0.29) is 6.42 Å². The summed E-state index contributed by atoms with van der Waals surface area (Å²) in [5, 5.41) is 12.9. The van der Waals surface area contributed by atoms with E-state index in [1.54, 1.807) is 11.3 Å². The molecule has 6 heteroatoms. The summed E-state index contributed by atoms with van der Waals surface area (Å²) in [4.78, 5) is 15.4. The third-order valence-corrected chi connectivity index (χ3v) is 5.41. The molecule has 2 aromatic heterocycles. The standard InChI is InChI=1S/C23H22N2O3S/c26-22(27)9-5-2-6-13-28-19-10-11-20-21(15-19)25(18-7-3-1-4-8-18)23(24-20)17-12-14-29-16-17/h1,3-4,7-8,10-12,14-16H,2,5-6,9,13H2,(H,26,27). The van der Waals surface area contributed by atoms with Crippen molar-refractivity contribution in [2.45, 2.75) is 25.7 Å². The molecule has 148 valence electrons. The topological polar surface area (TPSA) is 64.3 Å². The minimum atomic E-state index is -0.744. The summed E-state index contributed by atoms with van der Waals surface area (Å²) in [7, 11) is 0. The summed E-state index contributed by atoms with van der Waals surface area (Å²) >= 11 is 1.66. The van der Waals surface area contributed by atoms with Crippen LogP contribution in [-0.2, 0) is 4.79 Å². The summed E-state index contributed by atoms with van der Waals surface area (Å²) in [5.41, 5.74) is 4.07. The molecule has 0 aliphatic heterocycles. The van der Waals surface area contributed by atoms with Crippen molar-refractivity contribution >= 4 is 28.3 Å². The Kier molecular flexibility index (Phi) is 5.91. The van der Waals surface area contributed by atoms with E-state index in [9.17, 15) is 4.79 Å². The highest BCUT2D eigenvalue weighted by atomic mass is 32.1. The van der Waals surface area contributed by atoms with Gasteiger partial charge < -0.3 is 9.84 Å². The second kappa shape index (κ2) is 8.92. The molecule has 2 heterocycles. The molecular formula is C23H22N2O3S. The van der Waals surface area contributed by atoms with E-state index < -0.39 is 5.97 Å². The van der Waals surface area contributed by atoms with Crippen LogP contribution in [0.15, 0.2) is 65.4 Å². The molecule has 4 rings (SSSR count). The molecule has 0 aliphatic rings. The van der Waals surface area contributed by atoms with E-state index in [4.69, 9.17) is 14.8 Å². The highest BCUT2D eigenvalue weighted by molar-refractivity contribution is 7.08. The lowest BCUT2D eigenvalue weighted by molar-refractivity contribution is -0.137. The molecule has 0 saturated carbocycles. The quantitative estimate of drug-likeness (QED) is 0.358. The maximum absolute atomic E-state index is 10.6. The molecule has 2 aromatic carbocycles. The number of carboxylic acid groups (broad SMARTS) is 1. The maximum Gasteiger partial charge on any atom is 0.303 e. The van der Waals surface area contributed by atoms with Gasteiger partial charge in [0, 0.05) is 29.1 Å². The highest BCUT2D eigenvalue weighted by Gasteiger charge is 2.15. The number of para-hydroxylation sites is 1. The van der Waals surface area contributed by atoms with Crippen molar-refractivity contribution in [3.05, 3.63) is 65.4 Å². The van der Waals surface area contributed by atoms with Crippen molar-refractivity contribution in [2.75, 3.05) is 6.61 Å². The zero-order chi connectivity index (χ0) is 20.1. The molecule has 0 atom stereocenters. The van der Waals surface area contributed by atoms with E-state index in [1.165, 1.54) is 0 Å². The van der Waals surface area contributed by atoms with Crippen LogP contribution >= 0.6 is 11.3 Å². The van der Waals surface area contributed by atoms with Gasteiger partial charge in [0.2, 0.25) is 0 Å². The van der Waals surface area contributed by atoms with Crippen LogP contribution in [0, 0.1) is 0 Å². The van der Waals surface area contributed by atoms with Gasteiger partial charge in [-0.2, -0.15) is 11.3 Å². The van der Waals surface area contributed by atoms with Crippen LogP contribution < -0.4 is 4.74 Å². The van der Waals surface area contributed by atoms with Gasteiger partial charge in [0.1, 0.15) is 11.6 Å². The normalized spacial score (nSPS) is 11.0. The number of carboxylic acids is 1. The van der Waals surface area contributed by atoms with Gasteiger partial charge in [-0.25, -0.2) is 4.98 Å². The number of aliphatic carboxylic acids is 1. The minimum Gasteiger partial charge on any atom is -0.494 e. The van der Waals surface area contributed by atoms with Gasteiger partial charge in [-0.3, -0.25) is 9.36 Å². The fraction of sp³-hybridized carbons (Fsp3) is 0.217. The van der Waals surface area contributed by atoms with Gasteiger partial charge in [0.15, 0.2) is 0 Å². The number of nitrogens with zero attached hydrogens (tertiary/aromatic N) is 2. The average Bonchev–Trinajstić information content (AvgIpc) is 3.38. The molecule has 0 fully saturated rings. The minimum absolute atomic E-state index is 0.216. The van der Waals surface area contributed by atoms with Crippen LogP contribution in [0.3, 0.4) is 0 Å². The Hall–Kier alpha value is -3.12. The number of unbranched alkanes of at least 4 members (excludes halogenated alkanes) is 2. The lowest BCUT2D eigenvalue weighted by Gasteiger charge is -2.10. The van der Waals surface area contributed by atoms with Gasteiger partial charge >= 0.3 is 5.97 Å². The average molecular weight is 407 g/mol. The maximum atomic E-state index is 10.6. The highest BCUT2D eigenvalue weighted by Crippen LogP contribution is 2.31. The number of fused-ring (bicyclic) bond motifs is 1. The largest absolute Gasteiger partial charge is 0.494 e. The third-order valence-electron chi connectivity index (χ3n) is 4.72. The van der Waals surface area contributed by atoms with Crippen molar-refractivity contribution in [3.63, 3.8) is 0 Å². The zero-order valence-electron chi connectivity index (χ0n) is 16.0. The molecule has 0 spiro atoms. The van der Waals surface area contributed by atoms with Gasteiger partial charge in [-0.1, -0.05) is 18.2 Å². The number of hydrogen-bond acceptors (Lipinski definition) is 4. The molecule has 0 bridgehead atoms. The number of ether oxygens (including phenoxy) is 1. The molecule has 0 amide bonds. The second-order valence-corrected chi connectivity index (χ2v) is 7.60. The molecule has 29 heavy (non-hydrogen) atoms. The number of rotatable bonds is 9. The van der Waals surface area contributed by atoms with Crippen LogP contribution in [-0.4, -0.2) is 27.2 Å². The van der Waals surface area contributed by atoms with Gasteiger partial charge in [0.25, 0.3) is 0 Å². The van der Waals surface area contributed by atoms with Crippen LogP contribution in [0.25, 0.3) is 28.1 Å². The first-order chi connectivity index (χ1) is 14.2. The van der Waals surface area contributed by atoms with Crippen molar-refractivity contribution in [1.29, 1.82) is 0 Å². The predicted molar refractivity (Wildman–Crippen MR) is 116 cm³/mol. The molecule has 0 saturated heterocycles. The van der Waals surface area contributed by atoms with Crippen LogP contribution in [0.2, 0.25) is 0 Å². The first kappa shape index (κ1) is 19.2. The second-order valence-electron chi connectivity index (χ2n) is 6.82. The molecule has 4 aromatic rings. The Morgan fingerprint density at radius 2 is 1.93 bits per heavy atom. The van der Waals surface area contributed by atoms with Crippen molar-refractivity contribution in [2.24, 2.45) is 0 Å². The summed E-state index contributed by atoms with van der Waals surface area (Å²) < 4.78 is 8.09. The number of imidazole rings is 1. The van der Waals surface area contributed by atoms with E-state index in [0.29, 0.717) is 13.0 Å². The molecule has 0 radical (unpaired) electrons. The third kappa shape index (κ3) is 4.49. The lowest BCUT2D eigenvalue weighted by atomic mass is 10.2. The fourth-order valence-corrected chi connectivity index (χ4v) is 3.95. The summed E-state index contributed by atoms with van der Waals surface area (Å²) in [6.45, 7) is 0.571. The smallest absolute Gasteiger partial charge is 0.303 e. The van der Waals surface area contributed by atoms with Gasteiger partial charge in [0.05, 0.1) is 17.6 Å². The Bertz CT molecular complexity index is 1090. The number of benzene rings is 2. The number of aromatic nitrogens is 2. The Morgan fingerprint density at radius 1 is 1.07 bits per heavy atom. The molecule has 5 nitrogen and oxygen atoms in total. The number of thiophene rings is 1. The van der Waals surface area contributed by atoms with E-state index >= 15 is 0 Å². The monoisotopic (exact) mass is 406 g/mol. The van der Waals surface area contributed by atoms with E-state index in [2.05, 4.69) is 33.5 Å². The SMILES string of the molecule is O=C(O)CCCCCOc1ccc2nc(-c3ccsc3)n(-c3ccccc3)c2c1. The summed E-state index contributed by atoms with van der Waals surface area (Å²) in [6, 6.07) is 18.3. The van der Waals surface area contributed by atoms with Gasteiger partial charge in [-0.15, -0.1) is 0 Å². The summed E-state index contributed by atoms with van der Waals surface area (Å²) in [6.07, 6.45) is 2.58. The number of carbonyl (C=O) groups is 1.